The molecule has 0 radical (unpaired) electrons. The van der Waals surface area contributed by atoms with Gasteiger partial charge in [0.2, 0.25) is 0 Å². The van der Waals surface area contributed by atoms with Gasteiger partial charge in [-0.1, -0.05) is 11.6 Å². The van der Waals surface area contributed by atoms with Crippen molar-refractivity contribution in [3.05, 3.63) is 46.5 Å². The zero-order valence-corrected chi connectivity index (χ0v) is 19.6. The molecule has 1 N–H and O–H groups in total. The largest absolute Gasteiger partial charge is 0.444 e. The Bertz CT molecular complexity index is 963. The summed E-state index contributed by atoms with van der Waals surface area (Å²) in [6, 6.07) is 5.72. The third-order valence-corrected chi connectivity index (χ3v) is 5.39. The maximum Gasteiger partial charge on any atom is 0.410 e. The Kier molecular flexibility index (Phi) is 7.40. The van der Waals surface area contributed by atoms with Gasteiger partial charge in [0.05, 0.1) is 16.9 Å². The zero-order chi connectivity index (χ0) is 23.5. The first-order valence-electron chi connectivity index (χ1n) is 10.5. The summed E-state index contributed by atoms with van der Waals surface area (Å²) in [5.74, 6) is -0.674. The van der Waals surface area contributed by atoms with Gasteiger partial charge in [0.1, 0.15) is 16.6 Å². The maximum atomic E-state index is 13.2. The van der Waals surface area contributed by atoms with Gasteiger partial charge in [-0.15, -0.1) is 0 Å². The number of rotatable bonds is 5. The standard InChI is InChI=1S/C22H29ClFN5O3/c1-15-18(19(23)29(26-15)17-7-5-16(24)6-8-17)20(30)25-9-10-27-11-13-28(14-12-27)21(31)32-22(2,3)4/h5-8H,9-14H2,1-4H3,(H,25,30). The molecule has 0 aliphatic carbocycles. The molecule has 1 aromatic carbocycles. The molecule has 0 spiro atoms. The zero-order valence-electron chi connectivity index (χ0n) is 18.8. The molecule has 8 nitrogen and oxygen atoms in total. The molecule has 174 valence electrons. The number of benzene rings is 1. The third-order valence-electron chi connectivity index (χ3n) is 5.04. The van der Waals surface area contributed by atoms with E-state index in [4.69, 9.17) is 16.3 Å². The summed E-state index contributed by atoms with van der Waals surface area (Å²) in [4.78, 5) is 28.7. The summed E-state index contributed by atoms with van der Waals surface area (Å²) >= 11 is 6.40. The third kappa shape index (κ3) is 5.98. The monoisotopic (exact) mass is 465 g/mol. The van der Waals surface area contributed by atoms with Crippen LogP contribution in [0.1, 0.15) is 36.8 Å². The Labute approximate surface area is 192 Å². The van der Waals surface area contributed by atoms with E-state index in [-0.39, 0.29) is 23.0 Å². The van der Waals surface area contributed by atoms with E-state index in [9.17, 15) is 14.0 Å². The summed E-state index contributed by atoms with van der Waals surface area (Å²) in [5.41, 5.74) is 0.845. The van der Waals surface area contributed by atoms with Crippen molar-refractivity contribution < 1.29 is 18.7 Å². The van der Waals surface area contributed by atoms with Crippen molar-refractivity contribution in [3.8, 4) is 5.69 Å². The summed E-state index contributed by atoms with van der Waals surface area (Å²) < 4.78 is 20.0. The summed E-state index contributed by atoms with van der Waals surface area (Å²) in [5, 5.41) is 7.38. The van der Waals surface area contributed by atoms with E-state index in [2.05, 4.69) is 15.3 Å². The number of hydrogen-bond donors (Lipinski definition) is 1. The number of hydrogen-bond acceptors (Lipinski definition) is 5. The van der Waals surface area contributed by atoms with Crippen molar-refractivity contribution in [2.24, 2.45) is 0 Å². The fourth-order valence-electron chi connectivity index (χ4n) is 3.41. The predicted molar refractivity (Wildman–Crippen MR) is 120 cm³/mol. The summed E-state index contributed by atoms with van der Waals surface area (Å²) in [7, 11) is 0. The second-order valence-electron chi connectivity index (χ2n) is 8.70. The highest BCUT2D eigenvalue weighted by molar-refractivity contribution is 6.33. The van der Waals surface area contributed by atoms with Crippen molar-refractivity contribution in [1.29, 1.82) is 0 Å². The van der Waals surface area contributed by atoms with Gasteiger partial charge in [0.25, 0.3) is 5.91 Å². The molecule has 0 bridgehead atoms. The molecule has 10 heteroatoms. The lowest BCUT2D eigenvalue weighted by Gasteiger charge is -2.35. The number of aryl methyl sites for hydroxylation is 1. The van der Waals surface area contributed by atoms with E-state index in [1.165, 1.54) is 16.8 Å². The van der Waals surface area contributed by atoms with Crippen LogP contribution in [0, 0.1) is 12.7 Å². The number of nitrogens with zero attached hydrogens (tertiary/aromatic N) is 4. The lowest BCUT2D eigenvalue weighted by atomic mass is 10.2. The van der Waals surface area contributed by atoms with Crippen molar-refractivity contribution in [2.45, 2.75) is 33.3 Å². The number of aromatic nitrogens is 2. The van der Waals surface area contributed by atoms with Crippen LogP contribution in [0.3, 0.4) is 0 Å². The Morgan fingerprint density at radius 2 is 1.78 bits per heavy atom. The smallest absolute Gasteiger partial charge is 0.410 e. The molecule has 1 aromatic heterocycles. The molecule has 1 fully saturated rings. The van der Waals surface area contributed by atoms with Gasteiger partial charge in [-0.25, -0.2) is 13.9 Å². The van der Waals surface area contributed by atoms with Gasteiger partial charge >= 0.3 is 6.09 Å². The number of carbonyl (C=O) groups is 2. The Morgan fingerprint density at radius 3 is 2.38 bits per heavy atom. The van der Waals surface area contributed by atoms with E-state index in [1.54, 1.807) is 24.0 Å². The van der Waals surface area contributed by atoms with Crippen molar-refractivity contribution in [3.63, 3.8) is 0 Å². The van der Waals surface area contributed by atoms with Gasteiger partial charge in [-0.05, 0) is 52.0 Å². The first-order chi connectivity index (χ1) is 15.0. The molecule has 0 unspecified atom stereocenters. The lowest BCUT2D eigenvalue weighted by molar-refractivity contribution is 0.0147. The van der Waals surface area contributed by atoms with E-state index in [0.717, 1.165) is 0 Å². The molecular formula is C22H29ClFN5O3. The van der Waals surface area contributed by atoms with Crippen LogP contribution in [0.5, 0.6) is 0 Å². The molecule has 2 amide bonds. The van der Waals surface area contributed by atoms with Gasteiger partial charge < -0.3 is 15.0 Å². The van der Waals surface area contributed by atoms with Gasteiger partial charge in [-0.3, -0.25) is 9.69 Å². The van der Waals surface area contributed by atoms with Crippen LogP contribution < -0.4 is 5.32 Å². The molecule has 0 saturated carbocycles. The van der Waals surface area contributed by atoms with Gasteiger partial charge in [0, 0.05) is 39.3 Å². The second-order valence-corrected chi connectivity index (χ2v) is 9.06. The highest BCUT2D eigenvalue weighted by Gasteiger charge is 2.26. The fraction of sp³-hybridized carbons (Fsp3) is 0.500. The van der Waals surface area contributed by atoms with Gasteiger partial charge in [0.15, 0.2) is 0 Å². The minimum atomic E-state index is -0.511. The first kappa shape index (κ1) is 24.0. The number of ether oxygens (including phenoxy) is 1. The van der Waals surface area contributed by atoms with E-state index < -0.39 is 5.60 Å². The first-order valence-corrected chi connectivity index (χ1v) is 10.9. The Hall–Kier alpha value is -2.65. The molecule has 1 saturated heterocycles. The van der Waals surface area contributed by atoms with Crippen molar-refractivity contribution >= 4 is 23.6 Å². The predicted octanol–water partition coefficient (Wildman–Crippen LogP) is 3.26. The Balaban J connectivity index is 1.50. The van der Waals surface area contributed by atoms with E-state index >= 15 is 0 Å². The molecule has 1 aliphatic rings. The number of piperazine rings is 1. The normalized spacial score (nSPS) is 15.0. The second kappa shape index (κ2) is 9.87. The van der Waals surface area contributed by atoms with Crippen LogP contribution in [0.4, 0.5) is 9.18 Å². The highest BCUT2D eigenvalue weighted by Crippen LogP contribution is 2.23. The molecule has 32 heavy (non-hydrogen) atoms. The molecule has 2 heterocycles. The quantitative estimate of drug-likeness (QED) is 0.733. The molecule has 2 aromatic rings. The topological polar surface area (TPSA) is 79.7 Å². The number of nitrogens with one attached hydrogen (secondary N) is 1. The number of amides is 2. The van der Waals surface area contributed by atoms with Crippen LogP contribution in [-0.2, 0) is 4.74 Å². The van der Waals surface area contributed by atoms with E-state index in [0.29, 0.717) is 56.2 Å². The SMILES string of the molecule is Cc1nn(-c2ccc(F)cc2)c(Cl)c1C(=O)NCCN1CCN(C(=O)OC(C)(C)C)CC1. The average Bonchev–Trinajstić information content (AvgIpc) is 3.02. The highest BCUT2D eigenvalue weighted by atomic mass is 35.5. The van der Waals surface area contributed by atoms with E-state index in [1.807, 2.05) is 20.8 Å². The van der Waals surface area contributed by atoms with Gasteiger partial charge in [-0.2, -0.15) is 5.10 Å². The lowest BCUT2D eigenvalue weighted by Crippen LogP contribution is -2.51. The molecule has 3 rings (SSSR count). The summed E-state index contributed by atoms with van der Waals surface area (Å²) in [6.45, 7) is 10.9. The fourth-order valence-corrected chi connectivity index (χ4v) is 3.76. The van der Waals surface area contributed by atoms with Crippen LogP contribution in [0.15, 0.2) is 24.3 Å². The Morgan fingerprint density at radius 1 is 1.16 bits per heavy atom. The van der Waals surface area contributed by atoms with Crippen LogP contribution in [0.2, 0.25) is 5.15 Å². The number of carbonyl (C=O) groups excluding carboxylic acids is 2. The van der Waals surface area contributed by atoms with Crippen LogP contribution >= 0.6 is 11.6 Å². The van der Waals surface area contributed by atoms with Crippen molar-refractivity contribution in [1.82, 2.24) is 24.9 Å². The van der Waals surface area contributed by atoms with Crippen molar-refractivity contribution in [2.75, 3.05) is 39.3 Å². The molecular weight excluding hydrogens is 437 g/mol. The minimum Gasteiger partial charge on any atom is -0.444 e. The minimum absolute atomic E-state index is 0.178. The molecule has 1 aliphatic heterocycles. The number of halogens is 2. The maximum absolute atomic E-state index is 13.2. The average molecular weight is 466 g/mol. The van der Waals surface area contributed by atoms with Crippen LogP contribution in [-0.4, -0.2) is 76.5 Å². The van der Waals surface area contributed by atoms with Crippen LogP contribution in [0.25, 0.3) is 5.69 Å². The summed E-state index contributed by atoms with van der Waals surface area (Å²) in [6.07, 6.45) is -0.297. The molecule has 0 atom stereocenters.